The quantitative estimate of drug-likeness (QED) is 0.830. The van der Waals surface area contributed by atoms with Gasteiger partial charge in [-0.15, -0.1) is 0 Å². The molecule has 132 valence electrons. The van der Waals surface area contributed by atoms with Crippen LogP contribution in [0.2, 0.25) is 0 Å². The molecule has 0 bridgehead atoms. The average molecular weight is 339 g/mol. The maximum absolute atomic E-state index is 12.1. The van der Waals surface area contributed by atoms with Gasteiger partial charge in [-0.1, -0.05) is 35.5 Å². The minimum Gasteiger partial charge on any atom is -0.340 e. The van der Waals surface area contributed by atoms with E-state index in [-0.39, 0.29) is 5.91 Å². The SMILES string of the molecule is CC(=O)N(Cc1c(-c2ccccc2)noc1N1CCCCC1)C1CC1. The summed E-state index contributed by atoms with van der Waals surface area (Å²) in [7, 11) is 0. The molecule has 0 spiro atoms. The van der Waals surface area contributed by atoms with Crippen molar-refractivity contribution in [2.45, 2.75) is 51.6 Å². The van der Waals surface area contributed by atoms with E-state index in [1.54, 1.807) is 6.92 Å². The highest BCUT2D eigenvalue weighted by molar-refractivity contribution is 5.75. The first-order valence-electron chi connectivity index (χ1n) is 9.30. The Balaban J connectivity index is 1.71. The third-order valence-corrected chi connectivity index (χ3v) is 5.18. The summed E-state index contributed by atoms with van der Waals surface area (Å²) in [4.78, 5) is 16.4. The van der Waals surface area contributed by atoms with Crippen molar-refractivity contribution in [1.29, 1.82) is 0 Å². The van der Waals surface area contributed by atoms with Crippen molar-refractivity contribution in [3.8, 4) is 11.3 Å². The molecule has 2 fully saturated rings. The Morgan fingerprint density at radius 2 is 1.92 bits per heavy atom. The fraction of sp³-hybridized carbons (Fsp3) is 0.500. The highest BCUT2D eigenvalue weighted by Crippen LogP contribution is 2.36. The molecule has 5 heteroatoms. The monoisotopic (exact) mass is 339 g/mol. The summed E-state index contributed by atoms with van der Waals surface area (Å²) in [5.41, 5.74) is 2.96. The Kier molecular flexibility index (Phi) is 4.47. The molecule has 0 radical (unpaired) electrons. The van der Waals surface area contributed by atoms with Crippen LogP contribution in [0.5, 0.6) is 0 Å². The first-order chi connectivity index (χ1) is 12.2. The predicted octanol–water partition coefficient (Wildman–Crippen LogP) is 3.84. The van der Waals surface area contributed by atoms with Crippen molar-refractivity contribution in [2.75, 3.05) is 18.0 Å². The Bertz CT molecular complexity index is 731. The average Bonchev–Trinajstić information content (AvgIpc) is 3.40. The van der Waals surface area contributed by atoms with Gasteiger partial charge in [0.1, 0.15) is 5.69 Å². The summed E-state index contributed by atoms with van der Waals surface area (Å²) in [6.07, 6.45) is 5.84. The first-order valence-corrected chi connectivity index (χ1v) is 9.30. The zero-order chi connectivity index (χ0) is 17.2. The molecule has 1 aliphatic carbocycles. The molecule has 1 aromatic heterocycles. The standard InChI is InChI=1S/C20H25N3O2/c1-15(24)23(17-10-11-17)14-18-19(16-8-4-2-5-9-16)21-25-20(18)22-12-6-3-7-13-22/h2,4-5,8-9,17H,3,6-7,10-14H2,1H3. The second kappa shape index (κ2) is 6.90. The number of hydrogen-bond acceptors (Lipinski definition) is 4. The lowest BCUT2D eigenvalue weighted by Crippen LogP contribution is -2.33. The molecule has 0 unspecified atom stereocenters. The van der Waals surface area contributed by atoms with Gasteiger partial charge in [0.25, 0.3) is 0 Å². The summed E-state index contributed by atoms with van der Waals surface area (Å²) in [5.74, 6) is 0.984. The Morgan fingerprint density at radius 3 is 2.56 bits per heavy atom. The summed E-state index contributed by atoms with van der Waals surface area (Å²) < 4.78 is 5.81. The Hall–Kier alpha value is -2.30. The van der Waals surface area contributed by atoms with Crippen LogP contribution in [0, 0.1) is 0 Å². The van der Waals surface area contributed by atoms with Crippen LogP contribution in [-0.2, 0) is 11.3 Å². The van der Waals surface area contributed by atoms with E-state index in [1.807, 2.05) is 23.1 Å². The van der Waals surface area contributed by atoms with E-state index in [0.717, 1.165) is 48.6 Å². The minimum absolute atomic E-state index is 0.132. The predicted molar refractivity (Wildman–Crippen MR) is 97.2 cm³/mol. The second-order valence-electron chi connectivity index (χ2n) is 7.11. The van der Waals surface area contributed by atoms with Crippen molar-refractivity contribution in [2.24, 2.45) is 0 Å². The second-order valence-corrected chi connectivity index (χ2v) is 7.11. The first kappa shape index (κ1) is 16.2. The summed E-state index contributed by atoms with van der Waals surface area (Å²) in [5, 5.41) is 4.40. The number of carbonyl (C=O) groups is 1. The fourth-order valence-electron chi connectivity index (χ4n) is 3.67. The summed E-state index contributed by atoms with van der Waals surface area (Å²) in [6.45, 7) is 4.24. The van der Waals surface area contributed by atoms with Gasteiger partial charge in [0.2, 0.25) is 11.8 Å². The number of carbonyl (C=O) groups excluding carboxylic acids is 1. The molecule has 1 saturated heterocycles. The van der Waals surface area contributed by atoms with E-state index in [1.165, 1.54) is 19.3 Å². The third kappa shape index (κ3) is 3.41. The molecule has 25 heavy (non-hydrogen) atoms. The molecule has 1 amide bonds. The summed E-state index contributed by atoms with van der Waals surface area (Å²) >= 11 is 0. The van der Waals surface area contributed by atoms with Crippen LogP contribution in [0.25, 0.3) is 11.3 Å². The molecule has 1 saturated carbocycles. The molecule has 1 aliphatic heterocycles. The molecule has 0 atom stereocenters. The number of rotatable bonds is 5. The van der Waals surface area contributed by atoms with Crippen molar-refractivity contribution in [1.82, 2.24) is 10.1 Å². The summed E-state index contributed by atoms with van der Waals surface area (Å²) in [6, 6.07) is 10.5. The van der Waals surface area contributed by atoms with E-state index >= 15 is 0 Å². The van der Waals surface area contributed by atoms with Crippen LogP contribution in [0.1, 0.15) is 44.6 Å². The van der Waals surface area contributed by atoms with Crippen molar-refractivity contribution in [3.63, 3.8) is 0 Å². The van der Waals surface area contributed by atoms with Crippen LogP contribution in [0.15, 0.2) is 34.9 Å². The fourth-order valence-corrected chi connectivity index (χ4v) is 3.67. The Labute approximate surface area is 148 Å². The van der Waals surface area contributed by atoms with E-state index in [4.69, 9.17) is 4.52 Å². The molecular formula is C20H25N3O2. The number of piperidine rings is 1. The molecule has 4 rings (SSSR count). The number of hydrogen-bond donors (Lipinski definition) is 0. The van der Waals surface area contributed by atoms with E-state index in [9.17, 15) is 4.79 Å². The van der Waals surface area contributed by atoms with Crippen LogP contribution in [0.3, 0.4) is 0 Å². The van der Waals surface area contributed by atoms with Gasteiger partial charge in [0, 0.05) is 31.6 Å². The minimum atomic E-state index is 0.132. The van der Waals surface area contributed by atoms with Gasteiger partial charge >= 0.3 is 0 Å². The lowest BCUT2D eigenvalue weighted by molar-refractivity contribution is -0.130. The van der Waals surface area contributed by atoms with E-state index < -0.39 is 0 Å². The van der Waals surface area contributed by atoms with E-state index in [0.29, 0.717) is 12.6 Å². The number of benzene rings is 1. The van der Waals surface area contributed by atoms with Crippen LogP contribution >= 0.6 is 0 Å². The topological polar surface area (TPSA) is 49.6 Å². The normalized spacial score (nSPS) is 17.6. The zero-order valence-corrected chi connectivity index (χ0v) is 14.8. The molecule has 2 aromatic rings. The van der Waals surface area contributed by atoms with Gasteiger partial charge < -0.3 is 14.3 Å². The van der Waals surface area contributed by atoms with Crippen molar-refractivity contribution < 1.29 is 9.32 Å². The van der Waals surface area contributed by atoms with Crippen molar-refractivity contribution >= 4 is 11.8 Å². The highest BCUT2D eigenvalue weighted by atomic mass is 16.5. The highest BCUT2D eigenvalue weighted by Gasteiger charge is 2.34. The number of nitrogens with zero attached hydrogens (tertiary/aromatic N) is 3. The van der Waals surface area contributed by atoms with Crippen LogP contribution < -0.4 is 4.90 Å². The maximum atomic E-state index is 12.1. The van der Waals surface area contributed by atoms with E-state index in [2.05, 4.69) is 22.2 Å². The third-order valence-electron chi connectivity index (χ3n) is 5.18. The largest absolute Gasteiger partial charge is 0.340 e. The Morgan fingerprint density at radius 1 is 1.20 bits per heavy atom. The van der Waals surface area contributed by atoms with Gasteiger partial charge in [0.15, 0.2) is 0 Å². The molecular weight excluding hydrogens is 314 g/mol. The van der Waals surface area contributed by atoms with Crippen molar-refractivity contribution in [3.05, 3.63) is 35.9 Å². The van der Waals surface area contributed by atoms with Crippen LogP contribution in [0.4, 0.5) is 5.88 Å². The molecule has 0 N–H and O–H groups in total. The molecule has 5 nitrogen and oxygen atoms in total. The smallest absolute Gasteiger partial charge is 0.232 e. The van der Waals surface area contributed by atoms with Gasteiger partial charge in [-0.05, 0) is 32.1 Å². The van der Waals surface area contributed by atoms with Crippen LogP contribution in [-0.4, -0.2) is 35.1 Å². The lowest BCUT2D eigenvalue weighted by atomic mass is 10.1. The maximum Gasteiger partial charge on any atom is 0.232 e. The number of anilines is 1. The molecule has 2 aliphatic rings. The molecule has 1 aromatic carbocycles. The van der Waals surface area contributed by atoms with Gasteiger partial charge in [-0.25, -0.2) is 0 Å². The zero-order valence-electron chi connectivity index (χ0n) is 14.8. The van der Waals surface area contributed by atoms with Gasteiger partial charge in [0.05, 0.1) is 12.1 Å². The molecule has 2 heterocycles. The van der Waals surface area contributed by atoms with Gasteiger partial charge in [-0.2, -0.15) is 0 Å². The number of aromatic nitrogens is 1. The number of amides is 1. The lowest BCUT2D eigenvalue weighted by Gasteiger charge is -2.28. The van der Waals surface area contributed by atoms with Gasteiger partial charge in [-0.3, -0.25) is 4.79 Å².